The Hall–Kier alpha value is -2.06. The number of carbonyl (C=O) groups is 1. The molecule has 0 saturated heterocycles. The highest BCUT2D eigenvalue weighted by Crippen LogP contribution is 2.21. The fourth-order valence-corrected chi connectivity index (χ4v) is 2.15. The van der Waals surface area contributed by atoms with Crippen LogP contribution in [0.1, 0.15) is 32.3 Å². The second-order valence-electron chi connectivity index (χ2n) is 5.98. The predicted molar refractivity (Wildman–Crippen MR) is 84.0 cm³/mol. The molecule has 0 fully saturated rings. The van der Waals surface area contributed by atoms with Crippen LogP contribution in [0.25, 0.3) is 0 Å². The van der Waals surface area contributed by atoms with E-state index in [0.717, 1.165) is 18.4 Å². The minimum Gasteiger partial charge on any atom is -0.398 e. The molecule has 114 valence electrons. The number of hydrogen-bond donors (Lipinski definition) is 2. The molecule has 1 amide bonds. The van der Waals surface area contributed by atoms with Crippen molar-refractivity contribution in [3.63, 3.8) is 0 Å². The van der Waals surface area contributed by atoms with Crippen LogP contribution < -0.4 is 11.5 Å². The summed E-state index contributed by atoms with van der Waals surface area (Å²) < 4.78 is 0. The Morgan fingerprint density at radius 1 is 1.38 bits per heavy atom. The van der Waals surface area contributed by atoms with Gasteiger partial charge in [0.2, 0.25) is 5.91 Å². The van der Waals surface area contributed by atoms with E-state index in [1.807, 2.05) is 43.0 Å². The molecule has 0 unspecified atom stereocenters. The highest BCUT2D eigenvalue weighted by Gasteiger charge is 2.17. The van der Waals surface area contributed by atoms with Crippen LogP contribution >= 0.6 is 0 Å². The van der Waals surface area contributed by atoms with Gasteiger partial charge in [-0.05, 0) is 44.9 Å². The van der Waals surface area contributed by atoms with E-state index in [9.17, 15) is 4.79 Å². The van der Waals surface area contributed by atoms with Gasteiger partial charge in [0.05, 0.1) is 18.0 Å². The normalized spacial score (nSPS) is 11.3. The number of para-hydroxylation sites is 1. The first-order valence-corrected chi connectivity index (χ1v) is 7.09. The monoisotopic (exact) mass is 288 g/mol. The molecule has 0 aromatic heterocycles. The molecule has 1 rings (SSSR count). The molecular formula is C16H24N4O. The van der Waals surface area contributed by atoms with E-state index < -0.39 is 0 Å². The molecule has 0 bridgehead atoms. The van der Waals surface area contributed by atoms with Gasteiger partial charge in [0.15, 0.2) is 0 Å². The van der Waals surface area contributed by atoms with Gasteiger partial charge in [0, 0.05) is 12.2 Å². The average Bonchev–Trinajstić information content (AvgIpc) is 2.40. The van der Waals surface area contributed by atoms with Gasteiger partial charge in [-0.2, -0.15) is 5.26 Å². The van der Waals surface area contributed by atoms with Gasteiger partial charge in [0.25, 0.3) is 0 Å². The van der Waals surface area contributed by atoms with E-state index in [4.69, 9.17) is 16.7 Å². The first-order valence-electron chi connectivity index (χ1n) is 7.09. The number of rotatable bonds is 8. The summed E-state index contributed by atoms with van der Waals surface area (Å²) in [5, 5.41) is 9.02. The summed E-state index contributed by atoms with van der Waals surface area (Å²) in [6.45, 7) is 5.33. The molecule has 0 aliphatic rings. The summed E-state index contributed by atoms with van der Waals surface area (Å²) in [5.41, 5.74) is 12.6. The molecule has 1 aromatic carbocycles. The quantitative estimate of drug-likeness (QED) is 0.714. The van der Waals surface area contributed by atoms with E-state index in [2.05, 4.69) is 6.07 Å². The Balaban J connectivity index is 2.62. The van der Waals surface area contributed by atoms with E-state index >= 15 is 0 Å². The maximum Gasteiger partial charge on any atom is 0.231 e. The predicted octanol–water partition coefficient (Wildman–Crippen LogP) is 1.89. The third-order valence-electron chi connectivity index (χ3n) is 3.41. The van der Waals surface area contributed by atoms with Crippen molar-refractivity contribution < 1.29 is 4.79 Å². The molecule has 0 aliphatic carbocycles. The first kappa shape index (κ1) is 17.0. The van der Waals surface area contributed by atoms with Gasteiger partial charge >= 0.3 is 0 Å². The Labute approximate surface area is 126 Å². The van der Waals surface area contributed by atoms with Crippen LogP contribution in [0.3, 0.4) is 0 Å². The molecule has 21 heavy (non-hydrogen) atoms. The number of carbonyl (C=O) groups excluding carboxylic acids is 1. The molecule has 4 N–H and O–H groups in total. The van der Waals surface area contributed by atoms with Crippen molar-refractivity contribution in [2.45, 2.75) is 33.2 Å². The van der Waals surface area contributed by atoms with Gasteiger partial charge in [0.1, 0.15) is 0 Å². The second-order valence-corrected chi connectivity index (χ2v) is 5.98. The fourth-order valence-electron chi connectivity index (χ4n) is 2.15. The largest absolute Gasteiger partial charge is 0.398 e. The van der Waals surface area contributed by atoms with Crippen LogP contribution in [0, 0.1) is 16.7 Å². The molecule has 0 heterocycles. The average molecular weight is 288 g/mol. The van der Waals surface area contributed by atoms with E-state index in [1.165, 1.54) is 0 Å². The molecule has 0 aliphatic heterocycles. The second kappa shape index (κ2) is 7.65. The summed E-state index contributed by atoms with van der Waals surface area (Å²) in [5.74, 6) is -0.357. The lowest BCUT2D eigenvalue weighted by Crippen LogP contribution is -2.34. The molecule has 5 heteroatoms. The van der Waals surface area contributed by atoms with Crippen molar-refractivity contribution in [3.8, 4) is 6.07 Å². The van der Waals surface area contributed by atoms with E-state index in [0.29, 0.717) is 18.8 Å². The minimum atomic E-state index is -0.357. The molecule has 1 aromatic rings. The van der Waals surface area contributed by atoms with E-state index in [1.54, 1.807) is 0 Å². The molecular weight excluding hydrogens is 264 g/mol. The third-order valence-corrected chi connectivity index (χ3v) is 3.41. The molecule has 0 radical (unpaired) electrons. The van der Waals surface area contributed by atoms with Crippen LogP contribution in [0.5, 0.6) is 0 Å². The number of anilines is 1. The Bertz CT molecular complexity index is 519. The minimum absolute atomic E-state index is 0.196. The molecule has 0 atom stereocenters. The number of hydrogen-bond acceptors (Lipinski definition) is 4. The number of nitriles is 1. The van der Waals surface area contributed by atoms with Gasteiger partial charge in [-0.3, -0.25) is 9.69 Å². The van der Waals surface area contributed by atoms with Crippen LogP contribution in [-0.2, 0) is 11.3 Å². The van der Waals surface area contributed by atoms with Crippen molar-refractivity contribution in [1.82, 2.24) is 4.90 Å². The van der Waals surface area contributed by atoms with Crippen molar-refractivity contribution in [1.29, 1.82) is 5.26 Å². The highest BCUT2D eigenvalue weighted by molar-refractivity contribution is 5.75. The topological polar surface area (TPSA) is 96.1 Å². The molecule has 0 saturated carbocycles. The number of nitrogens with zero attached hydrogens (tertiary/aromatic N) is 2. The van der Waals surface area contributed by atoms with Crippen molar-refractivity contribution in [2.75, 3.05) is 18.8 Å². The zero-order chi connectivity index (χ0) is 15.9. The SMILES string of the molecule is CC(C)(C#N)CCCN(CC(N)=O)Cc1ccccc1N. The zero-order valence-corrected chi connectivity index (χ0v) is 12.8. The van der Waals surface area contributed by atoms with Crippen LogP contribution in [0.4, 0.5) is 5.69 Å². The van der Waals surface area contributed by atoms with Crippen LogP contribution in [0.2, 0.25) is 0 Å². The van der Waals surface area contributed by atoms with E-state index in [-0.39, 0.29) is 17.9 Å². The van der Waals surface area contributed by atoms with Gasteiger partial charge < -0.3 is 11.5 Å². The summed E-state index contributed by atoms with van der Waals surface area (Å²) in [4.78, 5) is 13.2. The Kier molecular flexibility index (Phi) is 6.19. The number of nitrogens with two attached hydrogens (primary N) is 2. The lowest BCUT2D eigenvalue weighted by molar-refractivity contribution is -0.119. The fraction of sp³-hybridized carbons (Fsp3) is 0.500. The number of primary amides is 1. The highest BCUT2D eigenvalue weighted by atomic mass is 16.1. The lowest BCUT2D eigenvalue weighted by atomic mass is 9.90. The summed E-state index contributed by atoms with van der Waals surface area (Å²) >= 11 is 0. The standard InChI is InChI=1S/C16H24N4O/c1-16(2,12-17)8-5-9-20(11-15(19)21)10-13-6-3-4-7-14(13)18/h3-4,6-7H,5,8-11,18H2,1-2H3,(H2,19,21). The van der Waals surface area contributed by atoms with Crippen molar-refractivity contribution >= 4 is 11.6 Å². The lowest BCUT2D eigenvalue weighted by Gasteiger charge is -2.23. The number of benzene rings is 1. The third kappa shape index (κ3) is 6.28. The summed E-state index contributed by atoms with van der Waals surface area (Å²) in [6.07, 6.45) is 1.61. The zero-order valence-electron chi connectivity index (χ0n) is 12.8. The van der Waals surface area contributed by atoms with Crippen molar-refractivity contribution in [2.24, 2.45) is 11.1 Å². The summed E-state index contributed by atoms with van der Waals surface area (Å²) in [6, 6.07) is 9.88. The Morgan fingerprint density at radius 2 is 2.05 bits per heavy atom. The Morgan fingerprint density at radius 3 is 2.62 bits per heavy atom. The smallest absolute Gasteiger partial charge is 0.231 e. The van der Waals surface area contributed by atoms with Gasteiger partial charge in [-0.15, -0.1) is 0 Å². The number of nitrogen functional groups attached to an aromatic ring is 1. The number of amides is 1. The van der Waals surface area contributed by atoms with Gasteiger partial charge in [-0.1, -0.05) is 18.2 Å². The maximum absolute atomic E-state index is 11.2. The van der Waals surface area contributed by atoms with Crippen LogP contribution in [0.15, 0.2) is 24.3 Å². The molecule has 0 spiro atoms. The summed E-state index contributed by atoms with van der Waals surface area (Å²) in [7, 11) is 0. The van der Waals surface area contributed by atoms with Crippen LogP contribution in [-0.4, -0.2) is 23.9 Å². The molecule has 5 nitrogen and oxygen atoms in total. The van der Waals surface area contributed by atoms with Crippen molar-refractivity contribution in [3.05, 3.63) is 29.8 Å². The van der Waals surface area contributed by atoms with Gasteiger partial charge in [-0.25, -0.2) is 0 Å². The first-order chi connectivity index (χ1) is 9.84. The maximum atomic E-state index is 11.2.